The van der Waals surface area contributed by atoms with Crippen molar-refractivity contribution in [3.8, 4) is 5.75 Å². The predicted molar refractivity (Wildman–Crippen MR) is 99.4 cm³/mol. The van der Waals surface area contributed by atoms with E-state index in [1.165, 1.54) is 19.3 Å². The van der Waals surface area contributed by atoms with Gasteiger partial charge >= 0.3 is 5.97 Å². The third-order valence-corrected chi connectivity index (χ3v) is 4.60. The highest BCUT2D eigenvalue weighted by Gasteiger charge is 2.21. The zero-order chi connectivity index (χ0) is 17.6. The molecule has 134 valence electrons. The molecule has 1 aliphatic rings. The summed E-state index contributed by atoms with van der Waals surface area (Å²) in [6.45, 7) is 4.72. The van der Waals surface area contributed by atoms with Gasteiger partial charge in [-0.1, -0.05) is 19.3 Å². The molecule has 25 heavy (non-hydrogen) atoms. The molecule has 2 aromatic rings. The van der Waals surface area contributed by atoms with Crippen LogP contribution < -0.4 is 10.1 Å². The number of hydrogen-bond donors (Lipinski definition) is 1. The molecule has 1 N–H and O–H groups in total. The van der Waals surface area contributed by atoms with Gasteiger partial charge in [0, 0.05) is 17.6 Å². The predicted octanol–water partition coefficient (Wildman–Crippen LogP) is 4.55. The number of benzene rings is 1. The first-order valence-electron chi connectivity index (χ1n) is 9.22. The van der Waals surface area contributed by atoms with Crippen molar-refractivity contribution in [3.63, 3.8) is 0 Å². The van der Waals surface area contributed by atoms with E-state index in [1.807, 2.05) is 32.0 Å². The lowest BCUT2D eigenvalue weighted by Crippen LogP contribution is -2.24. The monoisotopic (exact) mass is 342 g/mol. The summed E-state index contributed by atoms with van der Waals surface area (Å²) in [6, 6.07) is 6.18. The van der Waals surface area contributed by atoms with Crippen molar-refractivity contribution in [1.29, 1.82) is 0 Å². The minimum absolute atomic E-state index is 0.336. The Balaban J connectivity index is 2.05. The van der Waals surface area contributed by atoms with E-state index in [1.54, 1.807) is 6.20 Å². The Morgan fingerprint density at radius 2 is 2.00 bits per heavy atom. The van der Waals surface area contributed by atoms with E-state index in [0.717, 1.165) is 35.2 Å². The van der Waals surface area contributed by atoms with Gasteiger partial charge in [0.2, 0.25) is 0 Å². The summed E-state index contributed by atoms with van der Waals surface area (Å²) in [7, 11) is 0. The first-order chi connectivity index (χ1) is 12.2. The minimum atomic E-state index is -0.336. The van der Waals surface area contributed by atoms with Crippen LogP contribution in [0, 0.1) is 0 Å². The summed E-state index contributed by atoms with van der Waals surface area (Å²) < 4.78 is 10.9. The first-order valence-corrected chi connectivity index (χ1v) is 9.22. The highest BCUT2D eigenvalue weighted by atomic mass is 16.5. The van der Waals surface area contributed by atoms with Crippen LogP contribution in [0.5, 0.6) is 5.75 Å². The lowest BCUT2D eigenvalue weighted by molar-refractivity contribution is 0.0527. The number of anilines is 1. The van der Waals surface area contributed by atoms with Gasteiger partial charge in [-0.25, -0.2) is 4.79 Å². The topological polar surface area (TPSA) is 60.5 Å². The van der Waals surface area contributed by atoms with Crippen molar-refractivity contribution in [2.45, 2.75) is 52.0 Å². The van der Waals surface area contributed by atoms with Crippen LogP contribution in [-0.4, -0.2) is 30.2 Å². The average Bonchev–Trinajstić information content (AvgIpc) is 2.63. The van der Waals surface area contributed by atoms with Gasteiger partial charge in [0.15, 0.2) is 0 Å². The van der Waals surface area contributed by atoms with E-state index in [0.29, 0.717) is 24.8 Å². The maximum Gasteiger partial charge on any atom is 0.341 e. The van der Waals surface area contributed by atoms with Crippen LogP contribution in [0.15, 0.2) is 24.4 Å². The molecule has 0 radical (unpaired) electrons. The third-order valence-electron chi connectivity index (χ3n) is 4.60. The normalized spacial score (nSPS) is 15.1. The molecule has 1 aliphatic carbocycles. The molecule has 1 saturated carbocycles. The van der Waals surface area contributed by atoms with E-state index in [4.69, 9.17) is 9.47 Å². The highest BCUT2D eigenvalue weighted by Crippen LogP contribution is 2.32. The van der Waals surface area contributed by atoms with Gasteiger partial charge in [-0.3, -0.25) is 4.98 Å². The molecule has 0 spiro atoms. The molecule has 1 aromatic heterocycles. The number of carbonyl (C=O) groups is 1. The molecule has 5 heteroatoms. The molecule has 0 amide bonds. The maximum atomic E-state index is 12.4. The van der Waals surface area contributed by atoms with Gasteiger partial charge in [0.25, 0.3) is 0 Å². The van der Waals surface area contributed by atoms with Gasteiger partial charge in [-0.2, -0.15) is 0 Å². The Labute approximate surface area is 148 Å². The van der Waals surface area contributed by atoms with Crippen LogP contribution in [0.2, 0.25) is 0 Å². The zero-order valence-corrected chi connectivity index (χ0v) is 15.0. The van der Waals surface area contributed by atoms with Crippen LogP contribution in [-0.2, 0) is 4.74 Å². The molecule has 0 bridgehead atoms. The third kappa shape index (κ3) is 4.03. The van der Waals surface area contributed by atoms with Crippen LogP contribution in [0.25, 0.3) is 10.9 Å². The van der Waals surface area contributed by atoms with E-state index >= 15 is 0 Å². The van der Waals surface area contributed by atoms with E-state index in [9.17, 15) is 4.79 Å². The standard InChI is InChI=1S/C20H26N2O3/c1-3-24-15-10-11-18-16(12-15)19(22-14-8-6-5-7-9-14)17(13-21-18)20(23)25-4-2/h10-14H,3-9H2,1-2H3,(H,21,22). The lowest BCUT2D eigenvalue weighted by atomic mass is 9.94. The van der Waals surface area contributed by atoms with E-state index < -0.39 is 0 Å². The lowest BCUT2D eigenvalue weighted by Gasteiger charge is -2.25. The molecule has 3 rings (SSSR count). The molecule has 0 aliphatic heterocycles. The van der Waals surface area contributed by atoms with Crippen LogP contribution >= 0.6 is 0 Å². The molecule has 1 fully saturated rings. The summed E-state index contributed by atoms with van der Waals surface area (Å²) in [4.78, 5) is 16.9. The number of pyridine rings is 1. The van der Waals surface area contributed by atoms with Gasteiger partial charge in [0.05, 0.1) is 24.4 Å². The largest absolute Gasteiger partial charge is 0.494 e. The van der Waals surface area contributed by atoms with Crippen molar-refractivity contribution in [3.05, 3.63) is 30.0 Å². The van der Waals surface area contributed by atoms with Gasteiger partial charge in [-0.15, -0.1) is 0 Å². The quantitative estimate of drug-likeness (QED) is 0.780. The summed E-state index contributed by atoms with van der Waals surface area (Å²) >= 11 is 0. The van der Waals surface area contributed by atoms with Crippen molar-refractivity contribution in [1.82, 2.24) is 4.98 Å². The van der Waals surface area contributed by atoms with Gasteiger partial charge in [-0.05, 0) is 44.9 Å². The Kier molecular flexibility index (Phi) is 5.74. The highest BCUT2D eigenvalue weighted by molar-refractivity contribution is 6.05. The summed E-state index contributed by atoms with van der Waals surface area (Å²) in [6.07, 6.45) is 7.59. The molecule has 0 saturated heterocycles. The van der Waals surface area contributed by atoms with Gasteiger partial charge in [0.1, 0.15) is 11.3 Å². The van der Waals surface area contributed by atoms with Gasteiger partial charge < -0.3 is 14.8 Å². The SMILES string of the molecule is CCOC(=O)c1cnc2ccc(OCC)cc2c1NC1CCCCC1. The van der Waals surface area contributed by atoms with Crippen LogP contribution in [0.4, 0.5) is 5.69 Å². The number of fused-ring (bicyclic) bond motifs is 1. The smallest absolute Gasteiger partial charge is 0.341 e. The number of nitrogens with one attached hydrogen (secondary N) is 1. The van der Waals surface area contributed by atoms with Crippen LogP contribution in [0.1, 0.15) is 56.3 Å². The summed E-state index contributed by atoms with van der Waals surface area (Å²) in [5.74, 6) is 0.446. The van der Waals surface area contributed by atoms with Crippen molar-refractivity contribution >= 4 is 22.6 Å². The second-order valence-corrected chi connectivity index (χ2v) is 6.36. The second kappa shape index (κ2) is 8.19. The van der Waals surface area contributed by atoms with E-state index in [-0.39, 0.29) is 5.97 Å². The first kappa shape index (κ1) is 17.5. The molecule has 1 heterocycles. The summed E-state index contributed by atoms with van der Waals surface area (Å²) in [5, 5.41) is 4.51. The average molecular weight is 342 g/mol. The number of aromatic nitrogens is 1. The number of ether oxygens (including phenoxy) is 2. The fraction of sp³-hybridized carbons (Fsp3) is 0.500. The molecule has 5 nitrogen and oxygen atoms in total. The maximum absolute atomic E-state index is 12.4. The molecule has 1 aromatic carbocycles. The number of rotatable bonds is 6. The minimum Gasteiger partial charge on any atom is -0.494 e. The van der Waals surface area contributed by atoms with E-state index in [2.05, 4.69) is 10.3 Å². The fourth-order valence-corrected chi connectivity index (χ4v) is 3.40. The fourth-order valence-electron chi connectivity index (χ4n) is 3.40. The molecule has 0 atom stereocenters. The Hall–Kier alpha value is -2.30. The molecule has 0 unspecified atom stereocenters. The number of hydrogen-bond acceptors (Lipinski definition) is 5. The van der Waals surface area contributed by atoms with Crippen molar-refractivity contribution in [2.24, 2.45) is 0 Å². The van der Waals surface area contributed by atoms with Crippen molar-refractivity contribution < 1.29 is 14.3 Å². The van der Waals surface area contributed by atoms with Crippen LogP contribution in [0.3, 0.4) is 0 Å². The molecular formula is C20H26N2O3. The zero-order valence-electron chi connectivity index (χ0n) is 15.0. The summed E-state index contributed by atoms with van der Waals surface area (Å²) in [5.41, 5.74) is 2.15. The Morgan fingerprint density at radius 3 is 2.72 bits per heavy atom. The second-order valence-electron chi connectivity index (χ2n) is 6.36. The number of carbonyl (C=O) groups excluding carboxylic acids is 1. The van der Waals surface area contributed by atoms with Crippen molar-refractivity contribution in [2.75, 3.05) is 18.5 Å². The Morgan fingerprint density at radius 1 is 1.20 bits per heavy atom. The number of nitrogens with zero attached hydrogens (tertiary/aromatic N) is 1. The number of esters is 1. The molecular weight excluding hydrogens is 316 g/mol. The Bertz CT molecular complexity index is 739.